The third-order valence-corrected chi connectivity index (χ3v) is 4.05. The molecule has 1 saturated heterocycles. The number of carbonyl (C=O) groups is 1. The Morgan fingerprint density at radius 3 is 2.55 bits per heavy atom. The van der Waals surface area contributed by atoms with Gasteiger partial charge in [0, 0.05) is 26.7 Å². The summed E-state index contributed by atoms with van der Waals surface area (Å²) in [6.45, 7) is 1.96. The van der Waals surface area contributed by atoms with E-state index in [1.54, 1.807) is 7.11 Å². The molecule has 1 aliphatic heterocycles. The maximum Gasteiger partial charge on any atom is 0.227 e. The minimum atomic E-state index is -0.114. The van der Waals surface area contributed by atoms with Crippen molar-refractivity contribution in [3.05, 3.63) is 35.9 Å². The lowest BCUT2D eigenvalue weighted by Gasteiger charge is -2.33. The summed E-state index contributed by atoms with van der Waals surface area (Å²) in [4.78, 5) is 14.5. The van der Waals surface area contributed by atoms with Crippen LogP contribution in [0.4, 0.5) is 0 Å². The lowest BCUT2D eigenvalue weighted by atomic mass is 9.96. The molecule has 0 aromatic heterocycles. The Morgan fingerprint density at radius 2 is 2.00 bits per heavy atom. The first-order chi connectivity index (χ1) is 9.74. The van der Waals surface area contributed by atoms with Crippen LogP contribution in [0.3, 0.4) is 0 Å². The van der Waals surface area contributed by atoms with E-state index in [0.29, 0.717) is 12.6 Å². The first-order valence-electron chi connectivity index (χ1n) is 7.30. The van der Waals surface area contributed by atoms with Gasteiger partial charge in [-0.25, -0.2) is 0 Å². The molecule has 0 spiro atoms. The van der Waals surface area contributed by atoms with Gasteiger partial charge < -0.3 is 15.4 Å². The SMILES string of the molecule is COC1CCN(C(=O)C(CN)Cc2ccccc2)CC1. The third kappa shape index (κ3) is 3.81. The quantitative estimate of drug-likeness (QED) is 0.885. The normalized spacial score (nSPS) is 18.0. The summed E-state index contributed by atoms with van der Waals surface area (Å²) >= 11 is 0. The van der Waals surface area contributed by atoms with Crippen LogP contribution >= 0.6 is 0 Å². The highest BCUT2D eigenvalue weighted by Crippen LogP contribution is 2.17. The number of methoxy groups -OCH3 is 1. The monoisotopic (exact) mass is 276 g/mol. The smallest absolute Gasteiger partial charge is 0.227 e. The van der Waals surface area contributed by atoms with Crippen molar-refractivity contribution in [1.82, 2.24) is 4.90 Å². The van der Waals surface area contributed by atoms with Crippen LogP contribution in [0, 0.1) is 5.92 Å². The van der Waals surface area contributed by atoms with Gasteiger partial charge in [-0.15, -0.1) is 0 Å². The molecule has 1 aliphatic rings. The Balaban J connectivity index is 1.92. The molecule has 0 saturated carbocycles. The molecule has 20 heavy (non-hydrogen) atoms. The Morgan fingerprint density at radius 1 is 1.35 bits per heavy atom. The van der Waals surface area contributed by atoms with E-state index in [1.807, 2.05) is 35.2 Å². The molecule has 4 heteroatoms. The summed E-state index contributed by atoms with van der Waals surface area (Å²) in [5.41, 5.74) is 6.98. The van der Waals surface area contributed by atoms with Crippen LogP contribution in [0.15, 0.2) is 30.3 Å². The van der Waals surface area contributed by atoms with Crippen LogP contribution in [0.5, 0.6) is 0 Å². The van der Waals surface area contributed by atoms with Crippen LogP contribution in [-0.2, 0) is 16.0 Å². The highest BCUT2D eigenvalue weighted by atomic mass is 16.5. The Hall–Kier alpha value is -1.39. The molecule has 0 bridgehead atoms. The lowest BCUT2D eigenvalue weighted by molar-refractivity contribution is -0.137. The van der Waals surface area contributed by atoms with E-state index in [4.69, 9.17) is 10.5 Å². The fourth-order valence-electron chi connectivity index (χ4n) is 2.74. The first kappa shape index (κ1) is 15.0. The lowest BCUT2D eigenvalue weighted by Crippen LogP contribution is -2.45. The average Bonchev–Trinajstić information content (AvgIpc) is 2.53. The number of amides is 1. The van der Waals surface area contributed by atoms with Crippen LogP contribution in [0.2, 0.25) is 0 Å². The molecular weight excluding hydrogens is 252 g/mol. The van der Waals surface area contributed by atoms with Crippen molar-refractivity contribution in [2.45, 2.75) is 25.4 Å². The summed E-state index contributed by atoms with van der Waals surface area (Å²) in [6, 6.07) is 10.1. The van der Waals surface area contributed by atoms with Crippen LogP contribution in [-0.4, -0.2) is 43.7 Å². The molecule has 1 aromatic carbocycles. The number of likely N-dealkylation sites (tertiary alicyclic amines) is 1. The number of nitrogens with two attached hydrogens (primary N) is 1. The van der Waals surface area contributed by atoms with Gasteiger partial charge in [0.15, 0.2) is 0 Å². The fourth-order valence-corrected chi connectivity index (χ4v) is 2.74. The number of hydrogen-bond acceptors (Lipinski definition) is 3. The van der Waals surface area contributed by atoms with Crippen LogP contribution in [0.1, 0.15) is 18.4 Å². The number of benzene rings is 1. The van der Waals surface area contributed by atoms with E-state index in [0.717, 1.165) is 32.4 Å². The van der Waals surface area contributed by atoms with Crippen molar-refractivity contribution in [1.29, 1.82) is 0 Å². The van der Waals surface area contributed by atoms with Gasteiger partial charge in [-0.1, -0.05) is 30.3 Å². The van der Waals surface area contributed by atoms with E-state index < -0.39 is 0 Å². The van der Waals surface area contributed by atoms with E-state index in [1.165, 1.54) is 5.56 Å². The van der Waals surface area contributed by atoms with E-state index >= 15 is 0 Å². The Kier molecular flexibility index (Phi) is 5.56. The summed E-state index contributed by atoms with van der Waals surface area (Å²) in [5, 5.41) is 0. The third-order valence-electron chi connectivity index (χ3n) is 4.05. The number of hydrogen-bond donors (Lipinski definition) is 1. The summed E-state index contributed by atoms with van der Waals surface area (Å²) in [5.74, 6) is 0.0717. The molecule has 1 aromatic rings. The van der Waals surface area contributed by atoms with E-state index in [2.05, 4.69) is 0 Å². The predicted octanol–water partition coefficient (Wildman–Crippen LogP) is 1.44. The molecule has 110 valence electrons. The molecule has 0 radical (unpaired) electrons. The van der Waals surface area contributed by atoms with Gasteiger partial charge in [-0.3, -0.25) is 4.79 Å². The van der Waals surface area contributed by atoms with Crippen LogP contribution in [0.25, 0.3) is 0 Å². The summed E-state index contributed by atoms with van der Waals surface area (Å²) in [6.07, 6.45) is 2.86. The zero-order chi connectivity index (χ0) is 14.4. The molecule has 2 N–H and O–H groups in total. The topological polar surface area (TPSA) is 55.6 Å². The van der Waals surface area contributed by atoms with Crippen molar-refractivity contribution in [2.24, 2.45) is 11.7 Å². The molecule has 1 fully saturated rings. The molecule has 1 heterocycles. The van der Waals surface area contributed by atoms with Gasteiger partial charge in [0.2, 0.25) is 5.91 Å². The summed E-state index contributed by atoms with van der Waals surface area (Å²) < 4.78 is 5.34. The number of rotatable bonds is 5. The second kappa shape index (κ2) is 7.41. The minimum absolute atomic E-state index is 0.114. The average molecular weight is 276 g/mol. The van der Waals surface area contributed by atoms with Gasteiger partial charge >= 0.3 is 0 Å². The minimum Gasteiger partial charge on any atom is -0.381 e. The van der Waals surface area contributed by atoms with Gasteiger partial charge in [0.05, 0.1) is 12.0 Å². The predicted molar refractivity (Wildman–Crippen MR) is 79.3 cm³/mol. The number of piperidine rings is 1. The van der Waals surface area contributed by atoms with Crippen molar-refractivity contribution in [3.63, 3.8) is 0 Å². The van der Waals surface area contributed by atoms with Crippen molar-refractivity contribution in [3.8, 4) is 0 Å². The van der Waals surface area contributed by atoms with E-state index in [9.17, 15) is 4.79 Å². The zero-order valence-corrected chi connectivity index (χ0v) is 12.1. The largest absolute Gasteiger partial charge is 0.381 e. The number of nitrogens with zero attached hydrogens (tertiary/aromatic N) is 1. The first-order valence-corrected chi connectivity index (χ1v) is 7.30. The molecule has 2 rings (SSSR count). The second-order valence-corrected chi connectivity index (χ2v) is 5.38. The maximum atomic E-state index is 12.5. The number of ether oxygens (including phenoxy) is 1. The van der Waals surface area contributed by atoms with Crippen LogP contribution < -0.4 is 5.73 Å². The summed E-state index contributed by atoms with van der Waals surface area (Å²) in [7, 11) is 1.74. The standard InChI is InChI=1S/C16H24N2O2/c1-20-15-7-9-18(10-8-15)16(19)14(12-17)11-13-5-3-2-4-6-13/h2-6,14-15H,7-12,17H2,1H3. The van der Waals surface area contributed by atoms with Gasteiger partial charge in [-0.05, 0) is 24.8 Å². The van der Waals surface area contributed by atoms with Gasteiger partial charge in [0.1, 0.15) is 0 Å². The highest BCUT2D eigenvalue weighted by molar-refractivity contribution is 5.79. The zero-order valence-electron chi connectivity index (χ0n) is 12.1. The second-order valence-electron chi connectivity index (χ2n) is 5.38. The molecule has 1 unspecified atom stereocenters. The molecule has 0 aliphatic carbocycles. The van der Waals surface area contributed by atoms with E-state index in [-0.39, 0.29) is 11.8 Å². The molecular formula is C16H24N2O2. The fraction of sp³-hybridized carbons (Fsp3) is 0.562. The van der Waals surface area contributed by atoms with Gasteiger partial charge in [-0.2, -0.15) is 0 Å². The number of carbonyl (C=O) groups excluding carboxylic acids is 1. The van der Waals surface area contributed by atoms with Gasteiger partial charge in [0.25, 0.3) is 0 Å². The van der Waals surface area contributed by atoms with Crippen molar-refractivity contribution < 1.29 is 9.53 Å². The molecule has 4 nitrogen and oxygen atoms in total. The highest BCUT2D eigenvalue weighted by Gasteiger charge is 2.27. The Labute approximate surface area is 120 Å². The van der Waals surface area contributed by atoms with Crippen molar-refractivity contribution in [2.75, 3.05) is 26.7 Å². The molecule has 1 amide bonds. The molecule has 1 atom stereocenters. The van der Waals surface area contributed by atoms with Crippen molar-refractivity contribution >= 4 is 5.91 Å². The maximum absolute atomic E-state index is 12.5. The Bertz CT molecular complexity index is 414.